The summed E-state index contributed by atoms with van der Waals surface area (Å²) >= 11 is 6.24. The molecule has 0 aromatic heterocycles. The van der Waals surface area contributed by atoms with Crippen LogP contribution in [0.25, 0.3) is 0 Å². The Bertz CT molecular complexity index is 722. The van der Waals surface area contributed by atoms with Gasteiger partial charge in [0.1, 0.15) is 0 Å². The number of halogens is 1. The van der Waals surface area contributed by atoms with Crippen molar-refractivity contribution in [2.24, 2.45) is 17.8 Å². The third-order valence-electron chi connectivity index (χ3n) is 7.27. The fourth-order valence-corrected chi connectivity index (χ4v) is 6.74. The van der Waals surface area contributed by atoms with Crippen molar-refractivity contribution in [3.63, 3.8) is 0 Å². The molecule has 3 unspecified atom stereocenters. The van der Waals surface area contributed by atoms with Crippen LogP contribution in [0.5, 0.6) is 0 Å². The smallest absolute Gasteiger partial charge is 0.318 e. The molecule has 5 fully saturated rings. The quantitative estimate of drug-likeness (QED) is 0.847. The van der Waals surface area contributed by atoms with E-state index in [9.17, 15) is 9.90 Å². The number of nitrogens with zero attached hydrogens (tertiary/aromatic N) is 1. The molecular formula is C20H25ClN2O2. The van der Waals surface area contributed by atoms with E-state index in [4.69, 9.17) is 11.6 Å². The summed E-state index contributed by atoms with van der Waals surface area (Å²) in [5.74, 6) is 1.47. The average molecular weight is 361 g/mol. The van der Waals surface area contributed by atoms with Crippen LogP contribution in [0.4, 0.5) is 4.79 Å². The molecule has 4 saturated carbocycles. The highest BCUT2D eigenvalue weighted by Crippen LogP contribution is 2.58. The Morgan fingerprint density at radius 1 is 1.24 bits per heavy atom. The minimum absolute atomic E-state index is 0.0342. The van der Waals surface area contributed by atoms with Crippen molar-refractivity contribution < 1.29 is 9.90 Å². The van der Waals surface area contributed by atoms with E-state index in [1.54, 1.807) is 0 Å². The monoisotopic (exact) mass is 360 g/mol. The van der Waals surface area contributed by atoms with E-state index in [1.165, 1.54) is 0 Å². The molecule has 5 heteroatoms. The Hall–Kier alpha value is -1.26. The van der Waals surface area contributed by atoms with Gasteiger partial charge < -0.3 is 15.3 Å². The van der Waals surface area contributed by atoms with Crippen molar-refractivity contribution >= 4 is 17.6 Å². The third kappa shape index (κ3) is 2.26. The highest BCUT2D eigenvalue weighted by molar-refractivity contribution is 6.30. The van der Waals surface area contributed by atoms with E-state index in [0.29, 0.717) is 29.3 Å². The summed E-state index contributed by atoms with van der Waals surface area (Å²) in [7, 11) is 0. The number of benzene rings is 1. The van der Waals surface area contributed by atoms with Crippen molar-refractivity contribution in [1.29, 1.82) is 0 Å². The number of rotatable bonds is 2. The first-order valence-corrected chi connectivity index (χ1v) is 9.81. The second-order valence-electron chi connectivity index (χ2n) is 9.00. The molecule has 1 aromatic carbocycles. The zero-order chi connectivity index (χ0) is 17.4. The summed E-state index contributed by atoms with van der Waals surface area (Å²) in [5.41, 5.74) is 0.228. The first-order valence-electron chi connectivity index (χ1n) is 9.44. The Morgan fingerprint density at radius 3 is 2.60 bits per heavy atom. The Balaban J connectivity index is 1.54. The van der Waals surface area contributed by atoms with Crippen molar-refractivity contribution in [1.82, 2.24) is 10.2 Å². The minimum atomic E-state index is -0.477. The number of hydrogen-bond donors (Lipinski definition) is 2. The molecule has 2 N–H and O–H groups in total. The predicted molar refractivity (Wildman–Crippen MR) is 96.3 cm³/mol. The van der Waals surface area contributed by atoms with Gasteiger partial charge in [0.25, 0.3) is 0 Å². The van der Waals surface area contributed by atoms with Crippen molar-refractivity contribution in [2.75, 3.05) is 6.54 Å². The van der Waals surface area contributed by atoms with E-state index < -0.39 is 5.60 Å². The van der Waals surface area contributed by atoms with E-state index in [2.05, 4.69) is 23.2 Å². The number of aliphatic hydroxyl groups is 1. The van der Waals surface area contributed by atoms with Gasteiger partial charge in [-0.15, -0.1) is 0 Å². The maximum absolute atomic E-state index is 12.9. The first-order chi connectivity index (χ1) is 11.9. The maximum atomic E-state index is 12.9. The normalized spacial score (nSPS) is 45.1. The lowest BCUT2D eigenvalue weighted by Crippen LogP contribution is -2.64. The number of amides is 2. The lowest BCUT2D eigenvalue weighted by Gasteiger charge is -2.61. The molecule has 4 aliphatic carbocycles. The van der Waals surface area contributed by atoms with Gasteiger partial charge in [0, 0.05) is 17.6 Å². The molecule has 6 rings (SSSR count). The van der Waals surface area contributed by atoms with Gasteiger partial charge in [0.05, 0.1) is 11.1 Å². The molecule has 0 radical (unpaired) electrons. The number of urea groups is 1. The van der Waals surface area contributed by atoms with Gasteiger partial charge in [-0.25, -0.2) is 4.79 Å². The number of nitrogens with one attached hydrogen (secondary N) is 1. The van der Waals surface area contributed by atoms with E-state index in [1.807, 2.05) is 18.2 Å². The lowest BCUT2D eigenvalue weighted by molar-refractivity contribution is -0.160. The second-order valence-corrected chi connectivity index (χ2v) is 9.43. The van der Waals surface area contributed by atoms with Crippen molar-refractivity contribution in [3.8, 4) is 0 Å². The SMILES string of the molecule is CC1(c2cccc(Cl)c2)CNC(=O)N1C1C2CC3CC1CC(O)(C3)C2. The summed E-state index contributed by atoms with van der Waals surface area (Å²) in [6.45, 7) is 2.76. The molecule has 25 heavy (non-hydrogen) atoms. The Morgan fingerprint density at radius 2 is 1.96 bits per heavy atom. The van der Waals surface area contributed by atoms with Gasteiger partial charge >= 0.3 is 6.03 Å². The van der Waals surface area contributed by atoms with Crippen LogP contribution in [0, 0.1) is 17.8 Å². The number of carbonyl (C=O) groups excluding carboxylic acids is 1. The molecule has 4 bridgehead atoms. The Labute approximate surface area is 153 Å². The topological polar surface area (TPSA) is 52.6 Å². The first kappa shape index (κ1) is 16.0. The summed E-state index contributed by atoms with van der Waals surface area (Å²) in [4.78, 5) is 15.0. The number of carbonyl (C=O) groups is 1. The molecule has 1 aliphatic heterocycles. The van der Waals surface area contributed by atoms with Gasteiger partial charge in [-0.05, 0) is 74.5 Å². The largest absolute Gasteiger partial charge is 0.390 e. The second kappa shape index (κ2) is 5.14. The van der Waals surface area contributed by atoms with Crippen LogP contribution in [0.2, 0.25) is 5.02 Å². The summed E-state index contributed by atoms with van der Waals surface area (Å²) in [6.07, 6.45) is 4.96. The third-order valence-corrected chi connectivity index (χ3v) is 7.51. The van der Waals surface area contributed by atoms with Crippen LogP contribution in [0.3, 0.4) is 0 Å². The van der Waals surface area contributed by atoms with E-state index in [-0.39, 0.29) is 17.6 Å². The molecule has 5 aliphatic rings. The fraction of sp³-hybridized carbons (Fsp3) is 0.650. The minimum Gasteiger partial charge on any atom is -0.390 e. The Kier molecular flexibility index (Phi) is 3.28. The van der Waals surface area contributed by atoms with Gasteiger partial charge in [-0.1, -0.05) is 23.7 Å². The molecule has 1 aromatic rings. The zero-order valence-corrected chi connectivity index (χ0v) is 15.3. The standard InChI is InChI=1S/C20H25ClN2O2/c1-19(15-3-2-4-16(21)7-15)11-22-18(24)23(19)17-13-5-12-6-14(17)10-20(25,8-12)9-13/h2-4,7,12-14,17,25H,5-6,8-11H2,1H3,(H,22,24). The number of hydrogen-bond acceptors (Lipinski definition) is 2. The molecule has 134 valence electrons. The van der Waals surface area contributed by atoms with Crippen LogP contribution in [-0.4, -0.2) is 34.2 Å². The fourth-order valence-electron chi connectivity index (χ4n) is 6.55. The van der Waals surface area contributed by atoms with Crippen LogP contribution >= 0.6 is 11.6 Å². The van der Waals surface area contributed by atoms with E-state index >= 15 is 0 Å². The van der Waals surface area contributed by atoms with Crippen LogP contribution in [0.15, 0.2) is 24.3 Å². The van der Waals surface area contributed by atoms with Crippen LogP contribution in [-0.2, 0) is 5.54 Å². The molecule has 1 heterocycles. The molecule has 0 spiro atoms. The highest BCUT2D eigenvalue weighted by atomic mass is 35.5. The van der Waals surface area contributed by atoms with Gasteiger partial charge in [0.2, 0.25) is 0 Å². The summed E-state index contributed by atoms with van der Waals surface area (Å²) < 4.78 is 0. The predicted octanol–water partition coefficient (Wildman–Crippen LogP) is 3.52. The van der Waals surface area contributed by atoms with Crippen molar-refractivity contribution in [2.45, 2.75) is 56.2 Å². The molecule has 4 nitrogen and oxygen atoms in total. The van der Waals surface area contributed by atoms with Crippen molar-refractivity contribution in [3.05, 3.63) is 34.9 Å². The van der Waals surface area contributed by atoms with Crippen LogP contribution in [0.1, 0.15) is 44.6 Å². The molecule has 1 saturated heterocycles. The maximum Gasteiger partial charge on any atom is 0.318 e. The van der Waals surface area contributed by atoms with Crippen LogP contribution < -0.4 is 5.32 Å². The molecular weight excluding hydrogens is 336 g/mol. The molecule has 2 amide bonds. The van der Waals surface area contributed by atoms with Gasteiger partial charge in [-0.2, -0.15) is 0 Å². The van der Waals surface area contributed by atoms with Gasteiger partial charge in [0.15, 0.2) is 0 Å². The summed E-state index contributed by atoms with van der Waals surface area (Å²) in [5, 5.41) is 14.7. The lowest BCUT2D eigenvalue weighted by atomic mass is 9.51. The highest BCUT2D eigenvalue weighted by Gasteiger charge is 2.60. The molecule has 3 atom stereocenters. The van der Waals surface area contributed by atoms with Gasteiger partial charge in [-0.3, -0.25) is 0 Å². The average Bonchev–Trinajstić information content (AvgIpc) is 2.83. The van der Waals surface area contributed by atoms with E-state index in [0.717, 1.165) is 37.7 Å². The summed E-state index contributed by atoms with van der Waals surface area (Å²) in [6, 6.07) is 8.15. The zero-order valence-electron chi connectivity index (χ0n) is 14.5.